The van der Waals surface area contributed by atoms with Crippen molar-refractivity contribution in [3.05, 3.63) is 75.9 Å². The Bertz CT molecular complexity index is 958. The molecule has 0 spiro atoms. The average Bonchev–Trinajstić information content (AvgIpc) is 3.54. The Kier molecular flexibility index (Phi) is 7.24. The summed E-state index contributed by atoms with van der Waals surface area (Å²) < 4.78 is 41.4. The third kappa shape index (κ3) is 6.22. The molecular weight excluding hydrogens is 399 g/mol. The summed E-state index contributed by atoms with van der Waals surface area (Å²) in [5.74, 6) is -1.42. The van der Waals surface area contributed by atoms with Gasteiger partial charge in [-0.2, -0.15) is 13.2 Å². The summed E-state index contributed by atoms with van der Waals surface area (Å²) >= 11 is 0. The molecule has 1 fully saturated rings. The lowest BCUT2D eigenvalue weighted by molar-refractivity contribution is -0.139. The highest BCUT2D eigenvalue weighted by Crippen LogP contribution is 2.37. The predicted molar refractivity (Wildman–Crippen MR) is 119 cm³/mol. The summed E-state index contributed by atoms with van der Waals surface area (Å²) in [6, 6.07) is 10.6. The minimum absolute atomic E-state index is 0.0802. The van der Waals surface area contributed by atoms with E-state index in [-0.39, 0.29) is 17.4 Å². The van der Waals surface area contributed by atoms with E-state index in [9.17, 15) is 18.0 Å². The summed E-state index contributed by atoms with van der Waals surface area (Å²) in [5.41, 5.74) is 4.88. The molecule has 0 heterocycles. The van der Waals surface area contributed by atoms with E-state index in [0.29, 0.717) is 12.1 Å². The standard InChI is InChI=1S/C26H30F3NO/c1-4-5-20-9-12-22(15-18(20)3)24(26(27,28)29)13-7-19-6-8-23(17(2)14-19)16-30-25(31)21-10-11-21/h6-9,12-15,21,24H,4-5,10-11,16H2,1-3H3,(H,30,31)/b13-7+. The summed E-state index contributed by atoms with van der Waals surface area (Å²) in [5, 5.41) is 2.93. The van der Waals surface area contributed by atoms with Crippen molar-refractivity contribution in [3.8, 4) is 0 Å². The van der Waals surface area contributed by atoms with Crippen LogP contribution in [0.15, 0.2) is 42.5 Å². The van der Waals surface area contributed by atoms with Crippen LogP contribution in [0.4, 0.5) is 13.2 Å². The van der Waals surface area contributed by atoms with Gasteiger partial charge < -0.3 is 5.32 Å². The second-order valence-electron chi connectivity index (χ2n) is 8.49. The quantitative estimate of drug-likeness (QED) is 0.501. The Morgan fingerprint density at radius 1 is 1.10 bits per heavy atom. The molecule has 3 rings (SSSR count). The largest absolute Gasteiger partial charge is 0.399 e. The van der Waals surface area contributed by atoms with Crippen molar-refractivity contribution in [2.45, 2.75) is 65.1 Å². The Balaban J connectivity index is 1.75. The SMILES string of the molecule is CCCc1ccc(C(/C=C/c2ccc(CNC(=O)C3CC3)c(C)c2)C(F)(F)F)cc1C. The Labute approximate surface area is 182 Å². The molecule has 31 heavy (non-hydrogen) atoms. The molecule has 0 bridgehead atoms. The number of rotatable bonds is 8. The first-order chi connectivity index (χ1) is 14.7. The number of allylic oxidation sites excluding steroid dienone is 1. The molecule has 1 atom stereocenters. The number of carbonyl (C=O) groups excluding carboxylic acids is 1. The van der Waals surface area contributed by atoms with Crippen LogP contribution < -0.4 is 5.32 Å². The molecule has 1 N–H and O–H groups in total. The van der Waals surface area contributed by atoms with Gasteiger partial charge in [0.25, 0.3) is 0 Å². The first kappa shape index (κ1) is 23.1. The van der Waals surface area contributed by atoms with Gasteiger partial charge in [-0.25, -0.2) is 0 Å². The van der Waals surface area contributed by atoms with Crippen LogP contribution in [-0.4, -0.2) is 12.1 Å². The van der Waals surface area contributed by atoms with Gasteiger partial charge in [-0.3, -0.25) is 4.79 Å². The predicted octanol–water partition coefficient (Wildman–Crippen LogP) is 6.64. The van der Waals surface area contributed by atoms with Crippen LogP contribution in [0.1, 0.15) is 65.5 Å². The maximum atomic E-state index is 13.8. The van der Waals surface area contributed by atoms with Crippen molar-refractivity contribution >= 4 is 12.0 Å². The van der Waals surface area contributed by atoms with Gasteiger partial charge in [0, 0.05) is 12.5 Å². The fourth-order valence-electron chi connectivity index (χ4n) is 3.77. The van der Waals surface area contributed by atoms with E-state index < -0.39 is 12.1 Å². The van der Waals surface area contributed by atoms with Gasteiger partial charge in [-0.15, -0.1) is 0 Å². The van der Waals surface area contributed by atoms with Crippen molar-refractivity contribution in [3.63, 3.8) is 0 Å². The zero-order valence-electron chi connectivity index (χ0n) is 18.4. The summed E-state index contributed by atoms with van der Waals surface area (Å²) in [6.45, 7) is 6.28. The van der Waals surface area contributed by atoms with Crippen molar-refractivity contribution in [1.29, 1.82) is 0 Å². The number of hydrogen-bond acceptors (Lipinski definition) is 1. The van der Waals surface area contributed by atoms with E-state index >= 15 is 0 Å². The summed E-state index contributed by atoms with van der Waals surface area (Å²) in [4.78, 5) is 11.8. The molecule has 1 aliphatic rings. The molecular formula is C26H30F3NO. The lowest BCUT2D eigenvalue weighted by Gasteiger charge is -2.19. The Morgan fingerprint density at radius 3 is 2.35 bits per heavy atom. The van der Waals surface area contributed by atoms with E-state index in [2.05, 4.69) is 12.2 Å². The van der Waals surface area contributed by atoms with E-state index in [0.717, 1.165) is 47.9 Å². The molecule has 1 saturated carbocycles. The second-order valence-corrected chi connectivity index (χ2v) is 8.49. The van der Waals surface area contributed by atoms with Crippen LogP contribution in [0, 0.1) is 19.8 Å². The lowest BCUT2D eigenvalue weighted by Crippen LogP contribution is -2.24. The summed E-state index contributed by atoms with van der Waals surface area (Å²) in [6.07, 6.45) is 2.14. The van der Waals surface area contributed by atoms with E-state index in [1.165, 1.54) is 12.2 Å². The fourth-order valence-corrected chi connectivity index (χ4v) is 3.77. The highest BCUT2D eigenvalue weighted by molar-refractivity contribution is 5.80. The van der Waals surface area contributed by atoms with Crippen molar-refractivity contribution in [2.75, 3.05) is 0 Å². The lowest BCUT2D eigenvalue weighted by atomic mass is 9.92. The summed E-state index contributed by atoms with van der Waals surface area (Å²) in [7, 11) is 0. The first-order valence-corrected chi connectivity index (χ1v) is 10.9. The van der Waals surface area contributed by atoms with Gasteiger partial charge in [0.05, 0.1) is 5.92 Å². The fraction of sp³-hybridized carbons (Fsp3) is 0.423. The number of nitrogens with one attached hydrogen (secondary N) is 1. The maximum absolute atomic E-state index is 13.8. The van der Waals surface area contributed by atoms with Crippen molar-refractivity contribution in [2.24, 2.45) is 5.92 Å². The number of alkyl halides is 3. The van der Waals surface area contributed by atoms with Gasteiger partial charge in [0.2, 0.25) is 5.91 Å². The van der Waals surface area contributed by atoms with E-state index in [1.54, 1.807) is 18.2 Å². The zero-order chi connectivity index (χ0) is 22.6. The number of amides is 1. The highest BCUT2D eigenvalue weighted by Gasteiger charge is 2.39. The smallest absolute Gasteiger partial charge is 0.352 e. The highest BCUT2D eigenvalue weighted by atomic mass is 19.4. The molecule has 2 aromatic carbocycles. The van der Waals surface area contributed by atoms with E-state index in [1.807, 2.05) is 32.0 Å². The topological polar surface area (TPSA) is 29.1 Å². The molecule has 1 amide bonds. The Morgan fingerprint density at radius 2 is 1.77 bits per heavy atom. The molecule has 0 saturated heterocycles. The molecule has 1 aliphatic carbocycles. The van der Waals surface area contributed by atoms with Crippen LogP contribution >= 0.6 is 0 Å². The molecule has 1 unspecified atom stereocenters. The second kappa shape index (κ2) is 9.71. The van der Waals surface area contributed by atoms with Gasteiger partial charge in [-0.05, 0) is 66.5 Å². The Hall–Kier alpha value is -2.56. The number of hydrogen-bond donors (Lipinski definition) is 1. The number of aryl methyl sites for hydroxylation is 3. The van der Waals surface area contributed by atoms with Crippen molar-refractivity contribution in [1.82, 2.24) is 5.32 Å². The molecule has 0 aromatic heterocycles. The molecule has 2 nitrogen and oxygen atoms in total. The number of halogens is 3. The maximum Gasteiger partial charge on any atom is 0.399 e. The molecule has 2 aromatic rings. The molecule has 0 radical (unpaired) electrons. The zero-order valence-corrected chi connectivity index (χ0v) is 18.4. The minimum Gasteiger partial charge on any atom is -0.352 e. The van der Waals surface area contributed by atoms with Crippen LogP contribution in [0.2, 0.25) is 0 Å². The minimum atomic E-state index is -4.36. The van der Waals surface area contributed by atoms with Gasteiger partial charge in [-0.1, -0.05) is 61.9 Å². The van der Waals surface area contributed by atoms with Crippen LogP contribution in [0.25, 0.3) is 6.08 Å². The first-order valence-electron chi connectivity index (χ1n) is 10.9. The van der Waals surface area contributed by atoms with Crippen LogP contribution in [0.5, 0.6) is 0 Å². The van der Waals surface area contributed by atoms with Crippen molar-refractivity contribution < 1.29 is 18.0 Å². The molecule has 166 valence electrons. The van der Waals surface area contributed by atoms with Gasteiger partial charge in [0.1, 0.15) is 0 Å². The third-order valence-corrected chi connectivity index (χ3v) is 5.85. The number of benzene rings is 2. The number of carbonyl (C=O) groups is 1. The third-order valence-electron chi connectivity index (χ3n) is 5.85. The van der Waals surface area contributed by atoms with Gasteiger partial charge >= 0.3 is 6.18 Å². The van der Waals surface area contributed by atoms with Crippen LogP contribution in [0.3, 0.4) is 0 Å². The van der Waals surface area contributed by atoms with Crippen LogP contribution in [-0.2, 0) is 17.8 Å². The van der Waals surface area contributed by atoms with E-state index in [4.69, 9.17) is 0 Å². The average molecular weight is 430 g/mol. The van der Waals surface area contributed by atoms with Gasteiger partial charge in [0.15, 0.2) is 0 Å². The monoisotopic (exact) mass is 429 g/mol. The molecule has 5 heteroatoms. The molecule has 0 aliphatic heterocycles. The normalized spacial score (nSPS) is 15.3.